The van der Waals surface area contributed by atoms with Gasteiger partial charge in [-0.2, -0.15) is 0 Å². The molecule has 0 amide bonds. The monoisotopic (exact) mass is 219 g/mol. The van der Waals surface area contributed by atoms with Crippen molar-refractivity contribution in [2.75, 3.05) is 25.4 Å². The third-order valence-corrected chi connectivity index (χ3v) is 5.05. The van der Waals surface area contributed by atoms with Crippen molar-refractivity contribution in [1.29, 1.82) is 0 Å². The lowest BCUT2D eigenvalue weighted by atomic mass is 10.1. The van der Waals surface area contributed by atoms with Gasteiger partial charge in [0.25, 0.3) is 0 Å². The summed E-state index contributed by atoms with van der Waals surface area (Å²) in [6, 6.07) is 0. The summed E-state index contributed by atoms with van der Waals surface area (Å²) in [5.74, 6) is 0.324. The average Bonchev–Trinajstić information content (AvgIpc) is 2.16. The summed E-state index contributed by atoms with van der Waals surface area (Å²) >= 11 is 0. The lowest BCUT2D eigenvalue weighted by Gasteiger charge is -2.26. The number of rotatable bonds is 4. The number of sulfone groups is 1. The number of hydrogen-bond donors (Lipinski definition) is 0. The Kier molecular flexibility index (Phi) is 4.38. The van der Waals surface area contributed by atoms with Crippen molar-refractivity contribution in [2.24, 2.45) is 0 Å². The van der Waals surface area contributed by atoms with E-state index in [2.05, 4.69) is 4.90 Å². The molecule has 0 aromatic heterocycles. The van der Waals surface area contributed by atoms with Gasteiger partial charge in [-0.05, 0) is 39.8 Å². The molecule has 4 heteroatoms. The molecule has 0 spiro atoms. The van der Waals surface area contributed by atoms with E-state index in [9.17, 15) is 8.42 Å². The minimum absolute atomic E-state index is 0.229. The molecule has 1 saturated heterocycles. The maximum atomic E-state index is 11.5. The molecule has 0 saturated carbocycles. The molecule has 3 nitrogen and oxygen atoms in total. The maximum absolute atomic E-state index is 11.5. The van der Waals surface area contributed by atoms with Crippen LogP contribution in [0.4, 0.5) is 0 Å². The van der Waals surface area contributed by atoms with E-state index in [0.717, 1.165) is 19.6 Å². The van der Waals surface area contributed by atoms with E-state index < -0.39 is 9.84 Å². The highest BCUT2D eigenvalue weighted by Gasteiger charge is 2.18. The Morgan fingerprint density at radius 2 is 1.71 bits per heavy atom. The Morgan fingerprint density at radius 1 is 1.14 bits per heavy atom. The van der Waals surface area contributed by atoms with Gasteiger partial charge in [0.1, 0.15) is 0 Å². The van der Waals surface area contributed by atoms with E-state index in [4.69, 9.17) is 0 Å². The number of likely N-dealkylation sites (tertiary alicyclic amines) is 1. The fraction of sp³-hybridized carbons (Fsp3) is 1.00. The summed E-state index contributed by atoms with van der Waals surface area (Å²) in [6.45, 7) is 6.39. The number of hydrogen-bond acceptors (Lipinski definition) is 3. The first kappa shape index (κ1) is 12.0. The summed E-state index contributed by atoms with van der Waals surface area (Å²) in [6.07, 6.45) is 3.75. The van der Waals surface area contributed by atoms with Crippen molar-refractivity contribution < 1.29 is 8.42 Å². The molecule has 0 aromatic carbocycles. The number of piperidine rings is 1. The predicted molar refractivity (Wildman–Crippen MR) is 59.2 cm³/mol. The summed E-state index contributed by atoms with van der Waals surface area (Å²) < 4.78 is 23.1. The second kappa shape index (κ2) is 5.12. The molecule has 1 aliphatic rings. The topological polar surface area (TPSA) is 37.4 Å². The third kappa shape index (κ3) is 3.58. The van der Waals surface area contributed by atoms with Crippen LogP contribution in [0.3, 0.4) is 0 Å². The first-order chi connectivity index (χ1) is 6.52. The second-order valence-electron chi connectivity index (χ2n) is 4.32. The van der Waals surface area contributed by atoms with Gasteiger partial charge in [-0.15, -0.1) is 0 Å². The van der Waals surface area contributed by atoms with Gasteiger partial charge < -0.3 is 4.90 Å². The molecule has 0 unspecified atom stereocenters. The van der Waals surface area contributed by atoms with Crippen LogP contribution in [-0.4, -0.2) is 44.0 Å². The SMILES string of the molecule is CC(C)S(=O)(=O)CCN1CCCCC1. The van der Waals surface area contributed by atoms with Crippen LogP contribution >= 0.6 is 0 Å². The summed E-state index contributed by atoms with van der Waals surface area (Å²) in [5.41, 5.74) is 0. The van der Waals surface area contributed by atoms with Gasteiger partial charge in [0.2, 0.25) is 0 Å². The summed E-state index contributed by atoms with van der Waals surface area (Å²) in [5, 5.41) is -0.229. The second-order valence-corrected chi connectivity index (χ2v) is 6.99. The predicted octanol–water partition coefficient (Wildman–Crippen LogP) is 1.30. The zero-order chi connectivity index (χ0) is 10.6. The van der Waals surface area contributed by atoms with Crippen LogP contribution in [0.1, 0.15) is 33.1 Å². The molecular weight excluding hydrogens is 198 g/mol. The van der Waals surface area contributed by atoms with Gasteiger partial charge in [0.05, 0.1) is 11.0 Å². The minimum atomic E-state index is -2.84. The van der Waals surface area contributed by atoms with Crippen molar-refractivity contribution in [2.45, 2.75) is 38.4 Å². The first-order valence-electron chi connectivity index (χ1n) is 5.46. The lowest BCUT2D eigenvalue weighted by molar-refractivity contribution is 0.241. The van der Waals surface area contributed by atoms with Crippen LogP contribution in [0.2, 0.25) is 0 Å². The van der Waals surface area contributed by atoms with Crippen molar-refractivity contribution >= 4 is 9.84 Å². The fourth-order valence-corrected chi connectivity index (χ4v) is 2.66. The largest absolute Gasteiger partial charge is 0.302 e. The molecule has 0 N–H and O–H groups in total. The molecule has 0 aliphatic carbocycles. The normalized spacial score (nSPS) is 20.2. The molecule has 84 valence electrons. The van der Waals surface area contributed by atoms with Gasteiger partial charge >= 0.3 is 0 Å². The van der Waals surface area contributed by atoms with Crippen LogP contribution in [0.5, 0.6) is 0 Å². The van der Waals surface area contributed by atoms with Crippen LogP contribution < -0.4 is 0 Å². The molecular formula is C10H21NO2S. The molecule has 1 heterocycles. The zero-order valence-corrected chi connectivity index (χ0v) is 10.0. The van der Waals surface area contributed by atoms with Crippen molar-refractivity contribution in [1.82, 2.24) is 4.90 Å². The van der Waals surface area contributed by atoms with Crippen LogP contribution in [0, 0.1) is 0 Å². The Morgan fingerprint density at radius 3 is 2.21 bits per heavy atom. The van der Waals surface area contributed by atoms with Crippen molar-refractivity contribution in [3.05, 3.63) is 0 Å². The van der Waals surface area contributed by atoms with Gasteiger partial charge in [0, 0.05) is 6.54 Å². The molecule has 14 heavy (non-hydrogen) atoms. The smallest absolute Gasteiger partial charge is 0.153 e. The molecule has 0 atom stereocenters. The van der Waals surface area contributed by atoms with Crippen LogP contribution in [0.15, 0.2) is 0 Å². The Labute approximate surface area is 87.4 Å². The van der Waals surface area contributed by atoms with Crippen molar-refractivity contribution in [3.8, 4) is 0 Å². The van der Waals surface area contributed by atoms with E-state index in [0.29, 0.717) is 5.75 Å². The van der Waals surface area contributed by atoms with Crippen LogP contribution in [-0.2, 0) is 9.84 Å². The van der Waals surface area contributed by atoms with Gasteiger partial charge in [-0.1, -0.05) is 6.42 Å². The average molecular weight is 219 g/mol. The quantitative estimate of drug-likeness (QED) is 0.715. The van der Waals surface area contributed by atoms with Gasteiger partial charge in [0.15, 0.2) is 9.84 Å². The molecule has 0 radical (unpaired) electrons. The Bertz CT molecular complexity index is 253. The summed E-state index contributed by atoms with van der Waals surface area (Å²) in [4.78, 5) is 2.27. The van der Waals surface area contributed by atoms with E-state index >= 15 is 0 Å². The van der Waals surface area contributed by atoms with Crippen molar-refractivity contribution in [3.63, 3.8) is 0 Å². The molecule has 0 aromatic rings. The highest BCUT2D eigenvalue weighted by Crippen LogP contribution is 2.09. The molecule has 1 rings (SSSR count). The lowest BCUT2D eigenvalue weighted by Crippen LogP contribution is -2.35. The Balaban J connectivity index is 2.32. The molecule has 1 fully saturated rings. The fourth-order valence-electron chi connectivity index (χ4n) is 1.68. The zero-order valence-electron chi connectivity index (χ0n) is 9.20. The van der Waals surface area contributed by atoms with Gasteiger partial charge in [-0.25, -0.2) is 8.42 Å². The minimum Gasteiger partial charge on any atom is -0.302 e. The number of nitrogens with zero attached hydrogens (tertiary/aromatic N) is 1. The van der Waals surface area contributed by atoms with E-state index in [1.165, 1.54) is 19.3 Å². The molecule has 0 bridgehead atoms. The van der Waals surface area contributed by atoms with E-state index in [-0.39, 0.29) is 5.25 Å². The van der Waals surface area contributed by atoms with E-state index in [1.54, 1.807) is 13.8 Å². The third-order valence-electron chi connectivity index (χ3n) is 2.86. The van der Waals surface area contributed by atoms with Crippen LogP contribution in [0.25, 0.3) is 0 Å². The van der Waals surface area contributed by atoms with Gasteiger partial charge in [-0.3, -0.25) is 0 Å². The first-order valence-corrected chi connectivity index (χ1v) is 7.18. The molecule has 1 aliphatic heterocycles. The summed E-state index contributed by atoms with van der Waals surface area (Å²) in [7, 11) is -2.84. The Hall–Kier alpha value is -0.0900. The van der Waals surface area contributed by atoms with E-state index in [1.807, 2.05) is 0 Å². The standard InChI is InChI=1S/C10H21NO2S/c1-10(2)14(12,13)9-8-11-6-4-3-5-7-11/h10H,3-9H2,1-2H3. The highest BCUT2D eigenvalue weighted by molar-refractivity contribution is 7.92. The maximum Gasteiger partial charge on any atom is 0.153 e. The highest BCUT2D eigenvalue weighted by atomic mass is 32.2.